The third-order valence-electron chi connectivity index (χ3n) is 3.28. The summed E-state index contributed by atoms with van der Waals surface area (Å²) in [5.41, 5.74) is 0. The molecule has 0 aromatic heterocycles. The average Bonchev–Trinajstić information content (AvgIpc) is 2.25. The molecule has 1 aliphatic rings. The molecular weight excluding hydrogens is 220 g/mol. The Balaban J connectivity index is 2.35. The summed E-state index contributed by atoms with van der Waals surface area (Å²) in [6, 6.07) is -0.973. The fourth-order valence-electron chi connectivity index (χ4n) is 2.29. The molecule has 5 nitrogen and oxygen atoms in total. The zero-order valence-corrected chi connectivity index (χ0v) is 10.5. The van der Waals surface area contributed by atoms with Crippen LogP contribution in [0.25, 0.3) is 0 Å². The highest BCUT2D eigenvalue weighted by Crippen LogP contribution is 2.23. The van der Waals surface area contributed by atoms with Gasteiger partial charge in [-0.3, -0.25) is 0 Å². The lowest BCUT2D eigenvalue weighted by Gasteiger charge is -2.28. The van der Waals surface area contributed by atoms with Gasteiger partial charge in [0, 0.05) is 6.04 Å². The Morgan fingerprint density at radius 3 is 2.65 bits per heavy atom. The molecule has 0 aromatic rings. The van der Waals surface area contributed by atoms with Crippen LogP contribution in [0.15, 0.2) is 0 Å². The molecule has 98 valence electrons. The number of carbonyl (C=O) groups excluding carboxylic acids is 1. The molecule has 0 saturated heterocycles. The zero-order valence-electron chi connectivity index (χ0n) is 10.5. The number of rotatable bonds is 4. The molecule has 3 unspecified atom stereocenters. The minimum Gasteiger partial charge on any atom is -0.480 e. The largest absolute Gasteiger partial charge is 0.480 e. The lowest BCUT2D eigenvalue weighted by Crippen LogP contribution is -2.49. The van der Waals surface area contributed by atoms with Crippen molar-refractivity contribution in [2.75, 3.05) is 0 Å². The molecular formula is C12H22N2O3. The standard InChI is InChI=1S/C12H22N2O3/c1-3-10(11(15)16)14-12(17)13-9-6-4-5-8(2)7-9/h8-10H,3-7H2,1-2H3,(H,15,16)(H2,13,14,17). The minimum atomic E-state index is -0.986. The number of hydrogen-bond donors (Lipinski definition) is 3. The van der Waals surface area contributed by atoms with Crippen LogP contribution in [0.2, 0.25) is 0 Å². The normalized spacial score (nSPS) is 26.0. The smallest absolute Gasteiger partial charge is 0.326 e. The number of urea groups is 1. The van der Waals surface area contributed by atoms with Gasteiger partial charge in [-0.25, -0.2) is 9.59 Å². The first-order chi connectivity index (χ1) is 8.02. The van der Waals surface area contributed by atoms with Crippen molar-refractivity contribution in [3.63, 3.8) is 0 Å². The quantitative estimate of drug-likeness (QED) is 0.702. The van der Waals surface area contributed by atoms with E-state index in [1.807, 2.05) is 0 Å². The van der Waals surface area contributed by atoms with Crippen molar-refractivity contribution >= 4 is 12.0 Å². The lowest BCUT2D eigenvalue weighted by atomic mass is 9.87. The fraction of sp³-hybridized carbons (Fsp3) is 0.833. The predicted molar refractivity (Wildman–Crippen MR) is 64.8 cm³/mol. The SMILES string of the molecule is CCC(NC(=O)NC1CCCC(C)C1)C(=O)O. The molecule has 0 bridgehead atoms. The third-order valence-corrected chi connectivity index (χ3v) is 3.28. The second kappa shape index (κ2) is 6.47. The molecule has 3 N–H and O–H groups in total. The van der Waals surface area contributed by atoms with Crippen LogP contribution in [0.5, 0.6) is 0 Å². The highest BCUT2D eigenvalue weighted by Gasteiger charge is 2.22. The molecule has 0 radical (unpaired) electrons. The third kappa shape index (κ3) is 4.63. The Bertz CT molecular complexity index is 281. The van der Waals surface area contributed by atoms with Gasteiger partial charge in [-0.15, -0.1) is 0 Å². The molecule has 1 fully saturated rings. The van der Waals surface area contributed by atoms with Gasteiger partial charge >= 0.3 is 12.0 Å². The summed E-state index contributed by atoms with van der Waals surface area (Å²) in [6.07, 6.45) is 4.71. The topological polar surface area (TPSA) is 78.4 Å². The first-order valence-electron chi connectivity index (χ1n) is 6.32. The van der Waals surface area contributed by atoms with Crippen LogP contribution in [0.3, 0.4) is 0 Å². The van der Waals surface area contributed by atoms with Crippen LogP contribution in [0.1, 0.15) is 46.0 Å². The Kier molecular flexibility index (Phi) is 5.25. The first-order valence-corrected chi connectivity index (χ1v) is 6.32. The lowest BCUT2D eigenvalue weighted by molar-refractivity contribution is -0.139. The molecule has 1 saturated carbocycles. The van der Waals surface area contributed by atoms with Crippen molar-refractivity contribution in [3.8, 4) is 0 Å². The van der Waals surface area contributed by atoms with Crippen LogP contribution < -0.4 is 10.6 Å². The molecule has 5 heteroatoms. The number of amides is 2. The van der Waals surface area contributed by atoms with Crippen molar-refractivity contribution in [2.24, 2.45) is 5.92 Å². The fourth-order valence-corrected chi connectivity index (χ4v) is 2.29. The molecule has 0 heterocycles. The van der Waals surface area contributed by atoms with Gasteiger partial charge in [-0.1, -0.05) is 26.7 Å². The van der Waals surface area contributed by atoms with Gasteiger partial charge in [0.05, 0.1) is 0 Å². The predicted octanol–water partition coefficient (Wildman–Crippen LogP) is 1.73. The monoisotopic (exact) mass is 242 g/mol. The van der Waals surface area contributed by atoms with E-state index in [9.17, 15) is 9.59 Å². The van der Waals surface area contributed by atoms with Gasteiger partial charge in [0.15, 0.2) is 0 Å². The Hall–Kier alpha value is -1.26. The van der Waals surface area contributed by atoms with Gasteiger partial charge in [-0.05, 0) is 25.2 Å². The van der Waals surface area contributed by atoms with E-state index < -0.39 is 12.0 Å². The van der Waals surface area contributed by atoms with E-state index in [-0.39, 0.29) is 12.1 Å². The van der Waals surface area contributed by atoms with E-state index in [4.69, 9.17) is 5.11 Å². The Morgan fingerprint density at radius 2 is 2.12 bits per heavy atom. The summed E-state index contributed by atoms with van der Waals surface area (Å²) in [7, 11) is 0. The van der Waals surface area contributed by atoms with Crippen molar-refractivity contribution in [1.29, 1.82) is 0 Å². The average molecular weight is 242 g/mol. The van der Waals surface area contributed by atoms with Gasteiger partial charge < -0.3 is 15.7 Å². The summed E-state index contributed by atoms with van der Waals surface area (Å²) in [4.78, 5) is 22.4. The molecule has 1 rings (SSSR count). The number of aliphatic carboxylic acids is 1. The van der Waals surface area contributed by atoms with Crippen molar-refractivity contribution in [3.05, 3.63) is 0 Å². The van der Waals surface area contributed by atoms with Gasteiger partial charge in [0.2, 0.25) is 0 Å². The molecule has 0 aliphatic heterocycles. The second-order valence-corrected chi connectivity index (χ2v) is 4.89. The zero-order chi connectivity index (χ0) is 12.8. The minimum absolute atomic E-state index is 0.185. The highest BCUT2D eigenvalue weighted by molar-refractivity contribution is 5.82. The molecule has 0 aromatic carbocycles. The summed E-state index contributed by atoms with van der Waals surface area (Å²) < 4.78 is 0. The van der Waals surface area contributed by atoms with E-state index in [0.29, 0.717) is 12.3 Å². The molecule has 1 aliphatic carbocycles. The maximum atomic E-state index is 11.6. The second-order valence-electron chi connectivity index (χ2n) is 4.89. The maximum Gasteiger partial charge on any atom is 0.326 e. The summed E-state index contributed by atoms with van der Waals surface area (Å²) in [5.74, 6) is -0.352. The van der Waals surface area contributed by atoms with Crippen LogP contribution in [-0.2, 0) is 4.79 Å². The van der Waals surface area contributed by atoms with Crippen LogP contribution in [-0.4, -0.2) is 29.2 Å². The van der Waals surface area contributed by atoms with Crippen molar-refractivity contribution < 1.29 is 14.7 Å². The summed E-state index contributed by atoms with van der Waals surface area (Å²) in [6.45, 7) is 3.92. The highest BCUT2D eigenvalue weighted by atomic mass is 16.4. The van der Waals surface area contributed by atoms with E-state index in [0.717, 1.165) is 19.3 Å². The number of carboxylic acids is 1. The van der Waals surface area contributed by atoms with Gasteiger partial charge in [0.25, 0.3) is 0 Å². The van der Waals surface area contributed by atoms with E-state index in [1.165, 1.54) is 6.42 Å². The molecule has 2 amide bonds. The molecule has 0 spiro atoms. The van der Waals surface area contributed by atoms with Crippen molar-refractivity contribution in [1.82, 2.24) is 10.6 Å². The van der Waals surface area contributed by atoms with Crippen LogP contribution in [0, 0.1) is 5.92 Å². The van der Waals surface area contributed by atoms with Crippen LogP contribution >= 0.6 is 0 Å². The number of hydrogen-bond acceptors (Lipinski definition) is 2. The molecule has 17 heavy (non-hydrogen) atoms. The summed E-state index contributed by atoms with van der Waals surface area (Å²) in [5, 5.41) is 14.2. The Morgan fingerprint density at radius 1 is 1.41 bits per heavy atom. The number of nitrogens with one attached hydrogen (secondary N) is 2. The van der Waals surface area contributed by atoms with Gasteiger partial charge in [0.1, 0.15) is 6.04 Å². The van der Waals surface area contributed by atoms with E-state index in [1.54, 1.807) is 6.92 Å². The first kappa shape index (κ1) is 13.8. The maximum absolute atomic E-state index is 11.6. The molecule has 3 atom stereocenters. The van der Waals surface area contributed by atoms with Gasteiger partial charge in [-0.2, -0.15) is 0 Å². The van der Waals surface area contributed by atoms with E-state index in [2.05, 4.69) is 17.6 Å². The summed E-state index contributed by atoms with van der Waals surface area (Å²) >= 11 is 0. The van der Waals surface area contributed by atoms with Crippen LogP contribution in [0.4, 0.5) is 4.79 Å². The van der Waals surface area contributed by atoms with E-state index >= 15 is 0 Å². The Labute approximate surface area is 102 Å². The number of carboxylic acid groups (broad SMARTS) is 1. The van der Waals surface area contributed by atoms with Crippen molar-refractivity contribution in [2.45, 2.75) is 58.0 Å². The number of carbonyl (C=O) groups is 2.